The van der Waals surface area contributed by atoms with Crippen LogP contribution in [0.3, 0.4) is 0 Å². The summed E-state index contributed by atoms with van der Waals surface area (Å²) in [6.45, 7) is 0. The largest absolute Gasteiger partial charge is 0.497 e. The number of methoxy groups -OCH3 is 1. The lowest BCUT2D eigenvalue weighted by Gasteiger charge is -2.01. The van der Waals surface area contributed by atoms with Crippen LogP contribution in [-0.2, 0) is 0 Å². The maximum Gasteiger partial charge on any atom is 0.158 e. The minimum Gasteiger partial charge on any atom is -0.497 e. The summed E-state index contributed by atoms with van der Waals surface area (Å²) in [4.78, 5) is 3.12. The summed E-state index contributed by atoms with van der Waals surface area (Å²) in [5.74, 6) is 0.855. The van der Waals surface area contributed by atoms with Crippen molar-refractivity contribution >= 4 is 23.6 Å². The number of ether oxygens (including phenoxy) is 1. The predicted octanol–water partition coefficient (Wildman–Crippen LogP) is 3.48. The molecule has 0 saturated heterocycles. The second-order valence-corrected chi connectivity index (χ2v) is 4.34. The van der Waals surface area contributed by atoms with Crippen molar-refractivity contribution in [3.63, 3.8) is 0 Å². The van der Waals surface area contributed by atoms with E-state index in [0.29, 0.717) is 0 Å². The molecule has 72 valence electrons. The van der Waals surface area contributed by atoms with Gasteiger partial charge in [-0.1, -0.05) is 12.1 Å². The molecule has 0 unspecified atom stereocenters. The first-order valence-electron chi connectivity index (χ1n) is 4.12. The lowest BCUT2D eigenvalue weighted by molar-refractivity contribution is 0.415. The molecule has 2 nitrogen and oxygen atoms in total. The van der Waals surface area contributed by atoms with Gasteiger partial charge in [-0.15, -0.1) is 11.3 Å². The summed E-state index contributed by atoms with van der Waals surface area (Å²) < 4.78 is 5.94. The molecule has 1 aromatic carbocycles. The van der Waals surface area contributed by atoms with E-state index in [2.05, 4.69) is 4.98 Å². The van der Waals surface area contributed by atoms with Gasteiger partial charge in [-0.25, -0.2) is 0 Å². The van der Waals surface area contributed by atoms with Crippen molar-refractivity contribution in [3.8, 4) is 17.0 Å². The van der Waals surface area contributed by atoms with Gasteiger partial charge in [0.15, 0.2) is 3.95 Å². The van der Waals surface area contributed by atoms with Crippen LogP contribution in [0.15, 0.2) is 29.6 Å². The zero-order chi connectivity index (χ0) is 9.97. The Bertz CT molecular complexity index is 487. The van der Waals surface area contributed by atoms with E-state index in [0.717, 1.165) is 21.0 Å². The van der Waals surface area contributed by atoms with E-state index in [9.17, 15) is 0 Å². The zero-order valence-corrected chi connectivity index (χ0v) is 9.24. The minimum absolute atomic E-state index is 0.794. The number of nitrogens with one attached hydrogen (secondary N) is 1. The number of rotatable bonds is 2. The molecule has 0 aliphatic rings. The van der Waals surface area contributed by atoms with Crippen molar-refractivity contribution in [1.29, 1.82) is 0 Å². The Hall–Kier alpha value is -1.13. The first-order valence-corrected chi connectivity index (χ1v) is 5.40. The molecule has 0 radical (unpaired) electrons. The van der Waals surface area contributed by atoms with Gasteiger partial charge in [0.25, 0.3) is 0 Å². The van der Waals surface area contributed by atoms with Crippen molar-refractivity contribution in [2.75, 3.05) is 7.11 Å². The van der Waals surface area contributed by atoms with Crippen molar-refractivity contribution in [3.05, 3.63) is 33.6 Å². The van der Waals surface area contributed by atoms with Gasteiger partial charge in [0, 0.05) is 10.9 Å². The summed E-state index contributed by atoms with van der Waals surface area (Å²) in [6.07, 6.45) is 0. The predicted molar refractivity (Wildman–Crippen MR) is 61.5 cm³/mol. The number of hydrogen-bond donors (Lipinski definition) is 1. The van der Waals surface area contributed by atoms with Crippen LogP contribution in [0.2, 0.25) is 0 Å². The third kappa shape index (κ3) is 1.86. The zero-order valence-electron chi connectivity index (χ0n) is 7.61. The van der Waals surface area contributed by atoms with Gasteiger partial charge in [0.05, 0.1) is 12.8 Å². The Morgan fingerprint density at radius 3 is 2.93 bits per heavy atom. The molecular formula is C10H9NOS2. The molecule has 1 aromatic heterocycles. The SMILES string of the molecule is COc1cccc(-c2csc(=S)[nH]2)c1. The first kappa shape index (κ1) is 9.43. The number of hydrogen-bond acceptors (Lipinski definition) is 3. The Morgan fingerprint density at radius 1 is 1.43 bits per heavy atom. The molecule has 0 spiro atoms. The van der Waals surface area contributed by atoms with E-state index in [-0.39, 0.29) is 0 Å². The normalized spacial score (nSPS) is 10.1. The average Bonchev–Trinajstić information content (AvgIpc) is 2.65. The van der Waals surface area contributed by atoms with Gasteiger partial charge in [0.1, 0.15) is 5.75 Å². The maximum atomic E-state index is 5.15. The van der Waals surface area contributed by atoms with Crippen molar-refractivity contribution < 1.29 is 4.74 Å². The van der Waals surface area contributed by atoms with Crippen LogP contribution in [0.5, 0.6) is 5.75 Å². The molecule has 0 bridgehead atoms. The monoisotopic (exact) mass is 223 g/mol. The van der Waals surface area contributed by atoms with E-state index >= 15 is 0 Å². The van der Waals surface area contributed by atoms with Crippen LogP contribution in [0.1, 0.15) is 0 Å². The van der Waals surface area contributed by atoms with Gasteiger partial charge >= 0.3 is 0 Å². The number of aromatic nitrogens is 1. The highest BCUT2D eigenvalue weighted by Crippen LogP contribution is 2.23. The Balaban J connectivity index is 2.46. The van der Waals surface area contributed by atoms with Crippen molar-refractivity contribution in [2.24, 2.45) is 0 Å². The molecule has 1 N–H and O–H groups in total. The fourth-order valence-corrected chi connectivity index (χ4v) is 2.06. The van der Waals surface area contributed by atoms with Crippen LogP contribution < -0.4 is 4.74 Å². The molecule has 4 heteroatoms. The molecule has 2 aromatic rings. The van der Waals surface area contributed by atoms with Crippen LogP contribution in [0.4, 0.5) is 0 Å². The molecule has 14 heavy (non-hydrogen) atoms. The summed E-state index contributed by atoms with van der Waals surface area (Å²) >= 11 is 6.56. The van der Waals surface area contributed by atoms with E-state index in [4.69, 9.17) is 17.0 Å². The number of thiazole rings is 1. The highest BCUT2D eigenvalue weighted by molar-refractivity contribution is 7.73. The van der Waals surface area contributed by atoms with Gasteiger partial charge in [-0.3, -0.25) is 0 Å². The molecule has 0 aliphatic carbocycles. The molecular weight excluding hydrogens is 214 g/mol. The topological polar surface area (TPSA) is 25.0 Å². The summed E-state index contributed by atoms with van der Waals surface area (Å²) in [6, 6.07) is 7.89. The Morgan fingerprint density at radius 2 is 2.29 bits per heavy atom. The maximum absolute atomic E-state index is 5.15. The van der Waals surface area contributed by atoms with Crippen molar-refractivity contribution in [2.45, 2.75) is 0 Å². The molecule has 0 atom stereocenters. The number of benzene rings is 1. The minimum atomic E-state index is 0.794. The van der Waals surface area contributed by atoms with Gasteiger partial charge < -0.3 is 9.72 Å². The van der Waals surface area contributed by atoms with Crippen LogP contribution in [-0.4, -0.2) is 12.1 Å². The highest BCUT2D eigenvalue weighted by atomic mass is 32.1. The Labute approximate surface area is 91.2 Å². The van der Waals surface area contributed by atoms with E-state index < -0.39 is 0 Å². The molecule has 0 aliphatic heterocycles. The lowest BCUT2D eigenvalue weighted by atomic mass is 10.2. The fraction of sp³-hybridized carbons (Fsp3) is 0.100. The van der Waals surface area contributed by atoms with E-state index in [1.807, 2.05) is 29.6 Å². The molecule has 0 amide bonds. The smallest absolute Gasteiger partial charge is 0.158 e. The standard InChI is InChI=1S/C10H9NOS2/c1-12-8-4-2-3-7(5-8)9-6-14-10(13)11-9/h2-6H,1H3,(H,11,13). The lowest BCUT2D eigenvalue weighted by Crippen LogP contribution is -1.83. The average molecular weight is 223 g/mol. The molecule has 0 fully saturated rings. The highest BCUT2D eigenvalue weighted by Gasteiger charge is 2.00. The quantitative estimate of drug-likeness (QED) is 0.788. The van der Waals surface area contributed by atoms with Gasteiger partial charge in [-0.05, 0) is 24.4 Å². The summed E-state index contributed by atoms with van der Waals surface area (Å²) in [5, 5.41) is 2.01. The molecule has 2 rings (SSSR count). The molecule has 0 saturated carbocycles. The number of aromatic amines is 1. The van der Waals surface area contributed by atoms with Crippen LogP contribution in [0, 0.1) is 3.95 Å². The van der Waals surface area contributed by atoms with E-state index in [1.165, 1.54) is 11.3 Å². The summed E-state index contributed by atoms with van der Waals surface area (Å²) in [7, 11) is 1.66. The van der Waals surface area contributed by atoms with Crippen LogP contribution in [0.25, 0.3) is 11.3 Å². The summed E-state index contributed by atoms with van der Waals surface area (Å²) in [5.41, 5.74) is 2.13. The second kappa shape index (κ2) is 3.94. The van der Waals surface area contributed by atoms with Gasteiger partial charge in [0.2, 0.25) is 0 Å². The Kier molecular flexibility index (Phi) is 2.65. The number of H-pyrrole nitrogens is 1. The second-order valence-electron chi connectivity index (χ2n) is 2.79. The third-order valence-electron chi connectivity index (χ3n) is 1.90. The van der Waals surface area contributed by atoms with Gasteiger partial charge in [-0.2, -0.15) is 0 Å². The molecule has 1 heterocycles. The fourth-order valence-electron chi connectivity index (χ4n) is 1.21. The van der Waals surface area contributed by atoms with Crippen LogP contribution >= 0.6 is 23.6 Å². The third-order valence-corrected chi connectivity index (χ3v) is 2.96. The van der Waals surface area contributed by atoms with Crippen molar-refractivity contribution in [1.82, 2.24) is 4.98 Å². The van der Waals surface area contributed by atoms with E-state index in [1.54, 1.807) is 7.11 Å². The first-order chi connectivity index (χ1) is 6.79.